The molecule has 0 saturated heterocycles. The maximum atomic E-state index is 13.0. The second-order valence-electron chi connectivity index (χ2n) is 23.4. The Morgan fingerprint density at radius 1 is 0.253 bits per heavy atom. The number of hydrogen-bond acceptors (Lipinski definition) is 6. The van der Waals surface area contributed by atoms with Crippen LogP contribution in [0, 0.1) is 0 Å². The highest BCUT2D eigenvalue weighted by atomic mass is 16.6. The number of ether oxygens (including phenoxy) is 3. The molecule has 0 radical (unpaired) electrons. The second-order valence-corrected chi connectivity index (χ2v) is 23.4. The molecule has 0 N–H and O–H groups in total. The van der Waals surface area contributed by atoms with Crippen LogP contribution in [-0.2, 0) is 28.6 Å². The summed E-state index contributed by atoms with van der Waals surface area (Å²) in [6, 6.07) is 0. The summed E-state index contributed by atoms with van der Waals surface area (Å²) in [6.45, 7) is 6.44. The Balaban J connectivity index is 4.32. The third kappa shape index (κ3) is 68.7. The van der Waals surface area contributed by atoms with Crippen molar-refractivity contribution in [2.75, 3.05) is 13.2 Å². The van der Waals surface area contributed by atoms with Crippen molar-refractivity contribution >= 4 is 17.9 Å². The number of carbonyl (C=O) groups is 3. The van der Waals surface area contributed by atoms with Crippen molar-refractivity contribution in [2.24, 2.45) is 0 Å². The molecule has 83 heavy (non-hydrogen) atoms. The third-order valence-electron chi connectivity index (χ3n) is 15.2. The molecule has 0 aliphatic carbocycles. The number of rotatable bonds is 64. The van der Waals surface area contributed by atoms with Crippen molar-refractivity contribution in [3.63, 3.8) is 0 Å². The van der Waals surface area contributed by atoms with Gasteiger partial charge in [-0.2, -0.15) is 0 Å². The normalized spacial score (nSPS) is 12.8. The molecule has 0 aliphatic heterocycles. The zero-order chi connectivity index (χ0) is 59.9. The van der Waals surface area contributed by atoms with Gasteiger partial charge in [0.1, 0.15) is 13.2 Å². The fraction of sp³-hybridized carbons (Fsp3) is 0.727. The Kier molecular flexibility index (Phi) is 67.2. The average Bonchev–Trinajstić information content (AvgIpc) is 3.49. The lowest BCUT2D eigenvalue weighted by atomic mass is 10.0. The van der Waals surface area contributed by atoms with Crippen molar-refractivity contribution in [3.8, 4) is 0 Å². The standard InChI is InChI=1S/C77H132O6/c1-4-7-10-13-16-19-22-25-28-31-33-34-35-36-37-38-39-40-41-42-44-46-49-52-55-58-61-64-67-70-76(79)82-73-74(72-81-75(78)69-66-63-60-57-54-51-48-45-30-27-24-21-18-15-12-9-6-3)83-77(80)71-68-65-62-59-56-53-50-47-43-32-29-26-23-20-17-14-11-8-5-2/h7,9-10,12,16,18-19,21,25-30,33-34,36-37,74H,4-6,8,11,13-15,17,20,22-24,31-32,35,38-73H2,1-3H3/b10-7-,12-9-,19-16-,21-18-,28-25-,29-26-,30-27-,34-33-,37-36-. The van der Waals surface area contributed by atoms with E-state index in [-0.39, 0.29) is 31.1 Å². The smallest absolute Gasteiger partial charge is 0.306 e. The summed E-state index contributed by atoms with van der Waals surface area (Å²) in [5, 5.41) is 0. The molecule has 0 aromatic heterocycles. The molecule has 6 heteroatoms. The molecule has 1 unspecified atom stereocenters. The monoisotopic (exact) mass is 1150 g/mol. The van der Waals surface area contributed by atoms with E-state index in [9.17, 15) is 14.4 Å². The number of carbonyl (C=O) groups excluding carboxylic acids is 3. The zero-order valence-corrected chi connectivity index (χ0v) is 54.7. The summed E-state index contributed by atoms with van der Waals surface area (Å²) in [4.78, 5) is 38.5. The van der Waals surface area contributed by atoms with Gasteiger partial charge >= 0.3 is 17.9 Å². The maximum absolute atomic E-state index is 13.0. The van der Waals surface area contributed by atoms with E-state index in [4.69, 9.17) is 14.2 Å². The van der Waals surface area contributed by atoms with Crippen LogP contribution in [0.1, 0.15) is 342 Å². The van der Waals surface area contributed by atoms with Crippen molar-refractivity contribution in [1.29, 1.82) is 0 Å². The predicted molar refractivity (Wildman–Crippen MR) is 362 cm³/mol. The molecule has 0 spiro atoms. The van der Waals surface area contributed by atoms with Crippen molar-refractivity contribution in [3.05, 3.63) is 109 Å². The van der Waals surface area contributed by atoms with E-state index in [0.29, 0.717) is 19.3 Å². The van der Waals surface area contributed by atoms with E-state index in [1.807, 2.05) is 0 Å². The fourth-order valence-corrected chi connectivity index (χ4v) is 10.0. The van der Waals surface area contributed by atoms with E-state index in [1.54, 1.807) is 0 Å². The van der Waals surface area contributed by atoms with E-state index < -0.39 is 6.10 Å². The van der Waals surface area contributed by atoms with Gasteiger partial charge in [-0.3, -0.25) is 14.4 Å². The van der Waals surface area contributed by atoms with Gasteiger partial charge in [0.05, 0.1) is 0 Å². The van der Waals surface area contributed by atoms with Crippen LogP contribution in [0.3, 0.4) is 0 Å². The summed E-state index contributed by atoms with van der Waals surface area (Å²) in [7, 11) is 0. The summed E-state index contributed by atoms with van der Waals surface area (Å²) < 4.78 is 17.0. The van der Waals surface area contributed by atoms with Gasteiger partial charge in [-0.25, -0.2) is 0 Å². The number of esters is 3. The molecule has 0 bridgehead atoms. The first-order chi connectivity index (χ1) is 41.0. The first kappa shape index (κ1) is 79.1. The summed E-state index contributed by atoms with van der Waals surface area (Å²) in [6.07, 6.45) is 96.8. The number of allylic oxidation sites excluding steroid dienone is 18. The second kappa shape index (κ2) is 70.6. The first-order valence-electron chi connectivity index (χ1n) is 35.4. The van der Waals surface area contributed by atoms with E-state index in [2.05, 4.69) is 130 Å². The quantitative estimate of drug-likeness (QED) is 0.0261. The SMILES string of the molecule is CC/C=C\C/C=C\C/C=C\C/C=C\C/C=C\CCCCCCCCCCCCCCCC(=O)OCC(COC(=O)CCCCCCCCC/C=C\C/C=C\C/C=C\CC)OC(=O)CCCCCCCCCCC/C=C\CCCCCCCC. The fourth-order valence-electron chi connectivity index (χ4n) is 10.0. The van der Waals surface area contributed by atoms with Gasteiger partial charge in [0.25, 0.3) is 0 Å². The van der Waals surface area contributed by atoms with Crippen molar-refractivity contribution in [1.82, 2.24) is 0 Å². The lowest BCUT2D eigenvalue weighted by Crippen LogP contribution is -2.30. The van der Waals surface area contributed by atoms with Gasteiger partial charge < -0.3 is 14.2 Å². The van der Waals surface area contributed by atoms with Crippen LogP contribution < -0.4 is 0 Å². The Labute approximate surface area is 514 Å². The highest BCUT2D eigenvalue weighted by Crippen LogP contribution is 2.17. The van der Waals surface area contributed by atoms with E-state index in [1.165, 1.54) is 186 Å². The van der Waals surface area contributed by atoms with Gasteiger partial charge in [-0.05, 0) is 122 Å². The van der Waals surface area contributed by atoms with E-state index >= 15 is 0 Å². The molecule has 0 saturated carbocycles. The summed E-state index contributed by atoms with van der Waals surface area (Å²) in [5.41, 5.74) is 0. The Morgan fingerprint density at radius 2 is 0.470 bits per heavy atom. The minimum Gasteiger partial charge on any atom is -0.462 e. The molecule has 1 atom stereocenters. The van der Waals surface area contributed by atoms with Gasteiger partial charge in [0.15, 0.2) is 6.10 Å². The molecular formula is C77H132O6. The average molecular weight is 1150 g/mol. The van der Waals surface area contributed by atoms with Crippen LogP contribution in [0.2, 0.25) is 0 Å². The number of unbranched alkanes of at least 4 members (excludes halogenated alkanes) is 35. The van der Waals surface area contributed by atoms with Crippen LogP contribution in [0.5, 0.6) is 0 Å². The highest BCUT2D eigenvalue weighted by molar-refractivity contribution is 5.71. The summed E-state index contributed by atoms with van der Waals surface area (Å²) in [5.74, 6) is -0.879. The first-order valence-corrected chi connectivity index (χ1v) is 35.4. The zero-order valence-electron chi connectivity index (χ0n) is 54.7. The molecular weight excluding hydrogens is 1020 g/mol. The maximum Gasteiger partial charge on any atom is 0.306 e. The topological polar surface area (TPSA) is 78.9 Å². The number of hydrogen-bond donors (Lipinski definition) is 0. The largest absolute Gasteiger partial charge is 0.462 e. The molecule has 0 rings (SSSR count). The Hall–Kier alpha value is -3.93. The molecule has 0 fully saturated rings. The third-order valence-corrected chi connectivity index (χ3v) is 15.2. The summed E-state index contributed by atoms with van der Waals surface area (Å²) >= 11 is 0. The molecule has 476 valence electrons. The van der Waals surface area contributed by atoms with Crippen molar-refractivity contribution in [2.45, 2.75) is 348 Å². The Bertz CT molecular complexity index is 1660. The lowest BCUT2D eigenvalue weighted by Gasteiger charge is -2.18. The van der Waals surface area contributed by atoms with Crippen LogP contribution in [0.15, 0.2) is 109 Å². The minimum atomic E-state index is -0.786. The molecule has 6 nitrogen and oxygen atoms in total. The van der Waals surface area contributed by atoms with Gasteiger partial charge in [-0.1, -0.05) is 310 Å². The molecule has 0 aliphatic rings. The van der Waals surface area contributed by atoms with Crippen LogP contribution in [-0.4, -0.2) is 37.2 Å². The van der Waals surface area contributed by atoms with Crippen LogP contribution >= 0.6 is 0 Å². The minimum absolute atomic E-state index is 0.0811. The van der Waals surface area contributed by atoms with Gasteiger partial charge in [0.2, 0.25) is 0 Å². The van der Waals surface area contributed by atoms with Crippen LogP contribution in [0.25, 0.3) is 0 Å². The lowest BCUT2D eigenvalue weighted by molar-refractivity contribution is -0.167. The van der Waals surface area contributed by atoms with E-state index in [0.717, 1.165) is 116 Å². The van der Waals surface area contributed by atoms with Gasteiger partial charge in [-0.15, -0.1) is 0 Å². The molecule has 0 amide bonds. The molecule has 0 aromatic carbocycles. The predicted octanol–water partition coefficient (Wildman–Crippen LogP) is 24.6. The van der Waals surface area contributed by atoms with Crippen LogP contribution in [0.4, 0.5) is 0 Å². The molecule has 0 heterocycles. The van der Waals surface area contributed by atoms with Gasteiger partial charge in [0, 0.05) is 19.3 Å². The molecule has 0 aromatic rings. The Morgan fingerprint density at radius 3 is 0.747 bits per heavy atom. The van der Waals surface area contributed by atoms with Crippen molar-refractivity contribution < 1.29 is 28.6 Å². The highest BCUT2D eigenvalue weighted by Gasteiger charge is 2.19.